The van der Waals surface area contributed by atoms with Gasteiger partial charge in [-0.2, -0.15) is 0 Å². The molecule has 2 aliphatic rings. The van der Waals surface area contributed by atoms with Gasteiger partial charge in [-0.25, -0.2) is 14.0 Å². The van der Waals surface area contributed by atoms with Crippen molar-refractivity contribution in [2.24, 2.45) is 0 Å². The van der Waals surface area contributed by atoms with E-state index in [1.54, 1.807) is 0 Å². The molecule has 6 nitrogen and oxygen atoms in total. The number of hydrogen-bond donors (Lipinski definition) is 3. The van der Waals surface area contributed by atoms with Gasteiger partial charge >= 0.3 is 12.0 Å². The monoisotopic (exact) mass is 294 g/mol. The average molecular weight is 294 g/mol. The van der Waals surface area contributed by atoms with E-state index in [-0.39, 0.29) is 29.5 Å². The number of hydrogen-bond acceptors (Lipinski definition) is 3. The molecule has 3 atom stereocenters. The molecule has 2 saturated heterocycles. The maximum atomic E-state index is 13.1. The first-order valence-corrected chi connectivity index (χ1v) is 6.79. The second-order valence-corrected chi connectivity index (χ2v) is 5.31. The maximum absolute atomic E-state index is 13.1. The number of amides is 2. The smallest absolute Gasteiger partial charge is 0.337 e. The molecule has 21 heavy (non-hydrogen) atoms. The summed E-state index contributed by atoms with van der Waals surface area (Å²) in [5.41, 5.74) is -0.222. The van der Waals surface area contributed by atoms with Crippen LogP contribution in [0.5, 0.6) is 0 Å². The predicted octanol–water partition coefficient (Wildman–Crippen LogP) is 1.97. The van der Waals surface area contributed by atoms with E-state index >= 15 is 0 Å². The van der Waals surface area contributed by atoms with Crippen LogP contribution < -0.4 is 10.6 Å². The lowest BCUT2D eigenvalue weighted by Crippen LogP contribution is -2.43. The molecule has 1 aromatic rings. The summed E-state index contributed by atoms with van der Waals surface area (Å²) in [7, 11) is 0. The van der Waals surface area contributed by atoms with Crippen LogP contribution in [0.2, 0.25) is 0 Å². The summed E-state index contributed by atoms with van der Waals surface area (Å²) in [5.74, 6) is -1.96. The third-order valence-corrected chi connectivity index (χ3v) is 3.88. The summed E-state index contributed by atoms with van der Waals surface area (Å²) in [6.07, 6.45) is 2.96. The zero-order valence-corrected chi connectivity index (χ0v) is 11.1. The number of carboxylic acid groups (broad SMARTS) is 1. The number of benzene rings is 1. The zero-order chi connectivity index (χ0) is 15.0. The van der Waals surface area contributed by atoms with Gasteiger partial charge in [-0.1, -0.05) is 0 Å². The van der Waals surface area contributed by atoms with E-state index in [1.807, 2.05) is 0 Å². The highest BCUT2D eigenvalue weighted by Crippen LogP contribution is 2.34. The number of nitrogens with one attached hydrogen (secondary N) is 2. The van der Waals surface area contributed by atoms with Crippen LogP contribution in [-0.2, 0) is 4.74 Å². The van der Waals surface area contributed by atoms with Crippen LogP contribution in [0.25, 0.3) is 0 Å². The standard InChI is InChI=1S/C14H15FN2O4/c15-7-1-3-10(9(5-7)13(18)19)16-14(20)17-11-6-8-2-4-12(11)21-8/h1,3,5,8,11-12H,2,4,6H2,(H,18,19)(H2,16,17,20). The normalized spacial score (nSPS) is 26.6. The van der Waals surface area contributed by atoms with E-state index in [2.05, 4.69) is 10.6 Å². The van der Waals surface area contributed by atoms with E-state index in [1.165, 1.54) is 6.07 Å². The molecule has 3 N–H and O–H groups in total. The summed E-state index contributed by atoms with van der Waals surface area (Å²) in [6.45, 7) is 0. The van der Waals surface area contributed by atoms with Crippen LogP contribution in [-0.4, -0.2) is 35.4 Å². The van der Waals surface area contributed by atoms with Gasteiger partial charge in [0.2, 0.25) is 0 Å². The molecule has 3 rings (SSSR count). The molecule has 0 spiro atoms. The first-order valence-electron chi connectivity index (χ1n) is 6.79. The van der Waals surface area contributed by atoms with Gasteiger partial charge in [-0.05, 0) is 37.5 Å². The third kappa shape index (κ3) is 2.82. The predicted molar refractivity (Wildman–Crippen MR) is 71.8 cm³/mol. The topological polar surface area (TPSA) is 87.7 Å². The number of carbonyl (C=O) groups is 2. The molecule has 1 aromatic carbocycles. The number of rotatable bonds is 3. The van der Waals surface area contributed by atoms with Gasteiger partial charge in [0.05, 0.1) is 29.5 Å². The molecule has 0 aliphatic carbocycles. The number of ether oxygens (including phenoxy) is 1. The van der Waals surface area contributed by atoms with E-state index in [0.29, 0.717) is 0 Å². The van der Waals surface area contributed by atoms with Crippen molar-refractivity contribution in [2.75, 3.05) is 5.32 Å². The zero-order valence-electron chi connectivity index (χ0n) is 11.1. The quantitative estimate of drug-likeness (QED) is 0.795. The molecule has 112 valence electrons. The Bertz CT molecular complexity index is 592. The molecule has 2 heterocycles. The van der Waals surface area contributed by atoms with E-state index in [0.717, 1.165) is 31.4 Å². The van der Waals surface area contributed by atoms with Gasteiger partial charge in [0.15, 0.2) is 0 Å². The molecule has 2 fully saturated rings. The molecule has 7 heteroatoms. The van der Waals surface area contributed by atoms with Crippen molar-refractivity contribution in [2.45, 2.75) is 37.5 Å². The van der Waals surface area contributed by atoms with Gasteiger partial charge in [-0.3, -0.25) is 0 Å². The Morgan fingerprint density at radius 3 is 2.76 bits per heavy atom. The number of aromatic carboxylic acids is 1. The van der Waals surface area contributed by atoms with Crippen LogP contribution in [0.4, 0.5) is 14.9 Å². The highest BCUT2D eigenvalue weighted by molar-refractivity contribution is 6.00. The highest BCUT2D eigenvalue weighted by atomic mass is 19.1. The Hall–Kier alpha value is -2.15. The molecule has 2 aliphatic heterocycles. The van der Waals surface area contributed by atoms with Gasteiger partial charge in [-0.15, -0.1) is 0 Å². The molecule has 3 unspecified atom stereocenters. The summed E-state index contributed by atoms with van der Waals surface area (Å²) in [6, 6.07) is 2.64. The fourth-order valence-electron chi connectivity index (χ4n) is 2.92. The fourth-order valence-corrected chi connectivity index (χ4v) is 2.92. The Balaban J connectivity index is 1.66. The summed E-state index contributed by atoms with van der Waals surface area (Å²) >= 11 is 0. The van der Waals surface area contributed by atoms with Crippen LogP contribution in [0, 0.1) is 5.82 Å². The number of fused-ring (bicyclic) bond motifs is 2. The Labute approximate surface area is 120 Å². The second-order valence-electron chi connectivity index (χ2n) is 5.31. The molecular weight excluding hydrogens is 279 g/mol. The summed E-state index contributed by atoms with van der Waals surface area (Å²) < 4.78 is 18.7. The van der Waals surface area contributed by atoms with E-state index in [4.69, 9.17) is 9.84 Å². The van der Waals surface area contributed by atoms with Crippen molar-refractivity contribution >= 4 is 17.7 Å². The first-order chi connectivity index (χ1) is 10.0. The van der Waals surface area contributed by atoms with Crippen molar-refractivity contribution in [3.8, 4) is 0 Å². The molecule has 0 aromatic heterocycles. The third-order valence-electron chi connectivity index (χ3n) is 3.88. The lowest BCUT2D eigenvalue weighted by atomic mass is 9.96. The number of halogens is 1. The van der Waals surface area contributed by atoms with Crippen molar-refractivity contribution in [3.63, 3.8) is 0 Å². The number of carbonyl (C=O) groups excluding carboxylic acids is 1. The van der Waals surface area contributed by atoms with E-state index < -0.39 is 17.8 Å². The molecule has 0 saturated carbocycles. The minimum Gasteiger partial charge on any atom is -0.478 e. The minimum absolute atomic E-state index is 0.0351. The minimum atomic E-state index is -1.30. The Kier molecular flexibility index (Phi) is 3.50. The summed E-state index contributed by atoms with van der Waals surface area (Å²) in [4.78, 5) is 23.0. The average Bonchev–Trinajstić information content (AvgIpc) is 3.02. The van der Waals surface area contributed by atoms with Crippen LogP contribution in [0.3, 0.4) is 0 Å². The highest BCUT2D eigenvalue weighted by Gasteiger charge is 2.41. The second kappa shape index (κ2) is 5.33. The Morgan fingerprint density at radius 1 is 1.33 bits per heavy atom. The van der Waals surface area contributed by atoms with Gasteiger partial charge in [0.1, 0.15) is 5.82 Å². The molecule has 2 bridgehead atoms. The number of carboxylic acids is 1. The van der Waals surface area contributed by atoms with Crippen LogP contribution >= 0.6 is 0 Å². The van der Waals surface area contributed by atoms with Crippen molar-refractivity contribution in [3.05, 3.63) is 29.6 Å². The number of urea groups is 1. The summed E-state index contributed by atoms with van der Waals surface area (Å²) in [5, 5.41) is 14.2. The fraction of sp³-hybridized carbons (Fsp3) is 0.429. The lowest BCUT2D eigenvalue weighted by molar-refractivity contribution is 0.0697. The van der Waals surface area contributed by atoms with Crippen LogP contribution in [0.15, 0.2) is 18.2 Å². The van der Waals surface area contributed by atoms with Gasteiger partial charge < -0.3 is 20.5 Å². The Morgan fingerprint density at radius 2 is 2.14 bits per heavy atom. The molecule has 2 amide bonds. The lowest BCUT2D eigenvalue weighted by Gasteiger charge is -2.20. The van der Waals surface area contributed by atoms with Crippen molar-refractivity contribution < 1.29 is 23.8 Å². The van der Waals surface area contributed by atoms with Gasteiger partial charge in [0, 0.05) is 0 Å². The maximum Gasteiger partial charge on any atom is 0.337 e. The SMILES string of the molecule is O=C(Nc1ccc(F)cc1C(=O)O)NC1CC2CCC1O2. The van der Waals surface area contributed by atoms with Crippen LogP contribution in [0.1, 0.15) is 29.6 Å². The van der Waals surface area contributed by atoms with Gasteiger partial charge in [0.25, 0.3) is 0 Å². The van der Waals surface area contributed by atoms with Crippen molar-refractivity contribution in [1.82, 2.24) is 5.32 Å². The molecule has 0 radical (unpaired) electrons. The number of anilines is 1. The van der Waals surface area contributed by atoms with E-state index in [9.17, 15) is 14.0 Å². The van der Waals surface area contributed by atoms with Crippen molar-refractivity contribution in [1.29, 1.82) is 0 Å². The molecular formula is C14H15FN2O4. The largest absolute Gasteiger partial charge is 0.478 e. The first kappa shape index (κ1) is 13.8.